The highest BCUT2D eigenvalue weighted by Gasteiger charge is 2.76. The number of amides is 4. The van der Waals surface area contributed by atoms with Gasteiger partial charge in [-0.05, 0) is 54.0 Å². The smallest absolute Gasteiger partial charge is 0.258 e. The van der Waals surface area contributed by atoms with E-state index in [9.17, 15) is 28.7 Å². The van der Waals surface area contributed by atoms with Crippen LogP contribution in [-0.4, -0.2) is 43.4 Å². The van der Waals surface area contributed by atoms with E-state index in [1.807, 2.05) is 48.5 Å². The second kappa shape index (κ2) is 10.5. The fraction of sp³-hybridized carbons (Fsp3) is 0.243. The van der Waals surface area contributed by atoms with Crippen LogP contribution in [0, 0.1) is 23.6 Å². The Morgan fingerprint density at radius 1 is 0.809 bits per heavy atom. The van der Waals surface area contributed by atoms with E-state index in [0.717, 1.165) is 28.0 Å². The molecule has 10 heteroatoms. The number of aromatic hydroxyl groups is 1. The molecule has 47 heavy (non-hydrogen) atoms. The summed E-state index contributed by atoms with van der Waals surface area (Å²) < 4.78 is 13.9. The molecule has 4 aromatic carbocycles. The number of carbonyl (C=O) groups excluding carboxylic acids is 4. The third-order valence-electron chi connectivity index (χ3n) is 10.4. The van der Waals surface area contributed by atoms with Crippen LogP contribution in [0.25, 0.3) is 10.8 Å². The van der Waals surface area contributed by atoms with Crippen molar-refractivity contribution in [1.82, 2.24) is 4.90 Å². The van der Waals surface area contributed by atoms with E-state index in [4.69, 9.17) is 23.2 Å². The fourth-order valence-electron chi connectivity index (χ4n) is 8.24. The number of hydrogen-bond donors (Lipinski definition) is 1. The van der Waals surface area contributed by atoms with E-state index in [1.165, 1.54) is 17.0 Å². The largest absolute Gasteiger partial charge is 0.507 e. The van der Waals surface area contributed by atoms with Gasteiger partial charge in [0.2, 0.25) is 11.8 Å². The van der Waals surface area contributed by atoms with E-state index < -0.39 is 51.1 Å². The third kappa shape index (κ3) is 4.04. The molecule has 4 aromatic rings. The first-order valence-corrected chi connectivity index (χ1v) is 16.1. The van der Waals surface area contributed by atoms with Gasteiger partial charge in [-0.2, -0.15) is 0 Å². The third-order valence-corrected chi connectivity index (χ3v) is 11.8. The number of phenolic OH excluding ortho intramolecular Hbond substituents is 1. The van der Waals surface area contributed by atoms with Crippen molar-refractivity contribution < 1.29 is 28.7 Å². The van der Waals surface area contributed by atoms with Gasteiger partial charge in [0.05, 0.1) is 24.1 Å². The fourth-order valence-corrected chi connectivity index (χ4v) is 9.16. The van der Waals surface area contributed by atoms with Gasteiger partial charge in [0.25, 0.3) is 11.8 Å². The zero-order valence-corrected chi connectivity index (χ0v) is 26.3. The standard InChI is InChI=1S/C37H27Cl2FN2O5/c38-36-18-28-25(16-17-26-29(28)33(45)41(32(26)44)19-20-6-2-1-3-7-20)30(27-15-10-21-8-4-5-9-24(21)31(27)43)37(36,39)35(47)42(34(36)46)23-13-11-22(40)12-14-23/h1-16,26,28-30,43H,17-19H2. The maximum atomic E-state index is 14.6. The highest BCUT2D eigenvalue weighted by molar-refractivity contribution is 6.58. The second-order valence-electron chi connectivity index (χ2n) is 12.7. The lowest BCUT2D eigenvalue weighted by molar-refractivity contribution is -0.141. The quantitative estimate of drug-likeness (QED) is 0.153. The Labute approximate surface area is 279 Å². The molecule has 2 heterocycles. The van der Waals surface area contributed by atoms with E-state index in [1.54, 1.807) is 24.3 Å². The molecule has 4 amide bonds. The Hall–Kier alpha value is -4.53. The van der Waals surface area contributed by atoms with E-state index >= 15 is 0 Å². The summed E-state index contributed by atoms with van der Waals surface area (Å²) in [7, 11) is 0. The molecule has 0 spiro atoms. The first-order chi connectivity index (χ1) is 22.6. The molecule has 6 atom stereocenters. The van der Waals surface area contributed by atoms with Gasteiger partial charge in [0.1, 0.15) is 11.6 Å². The van der Waals surface area contributed by atoms with Crippen molar-refractivity contribution in [1.29, 1.82) is 0 Å². The summed E-state index contributed by atoms with van der Waals surface area (Å²) in [6, 6.07) is 24.7. The van der Waals surface area contributed by atoms with Crippen LogP contribution < -0.4 is 4.90 Å². The number of anilines is 1. The number of imide groups is 2. The van der Waals surface area contributed by atoms with Gasteiger partial charge in [0, 0.05) is 16.9 Å². The van der Waals surface area contributed by atoms with Crippen molar-refractivity contribution in [2.45, 2.75) is 35.1 Å². The lowest BCUT2D eigenvalue weighted by Crippen LogP contribution is -2.60. The summed E-state index contributed by atoms with van der Waals surface area (Å²) >= 11 is 14.9. The van der Waals surface area contributed by atoms with Gasteiger partial charge in [-0.15, -0.1) is 23.2 Å². The maximum Gasteiger partial charge on any atom is 0.258 e. The highest BCUT2D eigenvalue weighted by Crippen LogP contribution is 2.66. The normalized spacial score (nSPS) is 30.0. The molecule has 3 fully saturated rings. The number of carbonyl (C=O) groups is 4. The molecule has 1 saturated carbocycles. The minimum Gasteiger partial charge on any atom is -0.507 e. The average Bonchev–Trinajstić information content (AvgIpc) is 3.40. The molecular weight excluding hydrogens is 642 g/mol. The van der Waals surface area contributed by atoms with Crippen molar-refractivity contribution in [3.05, 3.63) is 120 Å². The van der Waals surface area contributed by atoms with Crippen molar-refractivity contribution >= 4 is 63.3 Å². The predicted octanol–water partition coefficient (Wildman–Crippen LogP) is 6.45. The topological polar surface area (TPSA) is 95.0 Å². The highest BCUT2D eigenvalue weighted by atomic mass is 35.5. The minimum atomic E-state index is -2.13. The van der Waals surface area contributed by atoms with Crippen LogP contribution in [0.3, 0.4) is 0 Å². The Bertz CT molecular complexity index is 2050. The summed E-state index contributed by atoms with van der Waals surface area (Å²) in [5, 5.41) is 13.0. The van der Waals surface area contributed by atoms with Gasteiger partial charge >= 0.3 is 0 Å². The molecule has 1 N–H and O–H groups in total. The van der Waals surface area contributed by atoms with Gasteiger partial charge < -0.3 is 5.11 Å². The second-order valence-corrected chi connectivity index (χ2v) is 14.0. The Kier molecular flexibility index (Phi) is 6.66. The zero-order chi connectivity index (χ0) is 32.8. The molecule has 236 valence electrons. The molecule has 8 rings (SSSR count). The molecule has 0 radical (unpaired) electrons. The van der Waals surface area contributed by atoms with Crippen molar-refractivity contribution in [3.63, 3.8) is 0 Å². The Morgan fingerprint density at radius 2 is 1.51 bits per heavy atom. The van der Waals surface area contributed by atoms with Crippen LogP contribution in [0.5, 0.6) is 5.75 Å². The molecule has 2 aliphatic heterocycles. The number of benzene rings is 4. The summed E-state index contributed by atoms with van der Waals surface area (Å²) in [6.45, 7) is 0.101. The monoisotopic (exact) mass is 668 g/mol. The van der Waals surface area contributed by atoms with Crippen LogP contribution in [-0.2, 0) is 25.7 Å². The van der Waals surface area contributed by atoms with Gasteiger partial charge in [-0.25, -0.2) is 9.29 Å². The van der Waals surface area contributed by atoms with E-state index in [2.05, 4.69) is 0 Å². The SMILES string of the molecule is O=C1C2CC=C3C(CC4(Cl)C(=O)N(c5ccc(F)cc5)C(=O)C4(Cl)C3c3ccc4ccccc4c3O)C2C(=O)N1Cc1ccccc1. The number of nitrogens with zero attached hydrogens (tertiary/aromatic N) is 2. The number of rotatable bonds is 4. The van der Waals surface area contributed by atoms with Crippen molar-refractivity contribution in [2.75, 3.05) is 4.90 Å². The summed E-state index contributed by atoms with van der Waals surface area (Å²) in [5.74, 6) is -6.42. The van der Waals surface area contributed by atoms with Gasteiger partial charge in [-0.1, -0.05) is 78.4 Å². The first kappa shape index (κ1) is 29.8. The van der Waals surface area contributed by atoms with Crippen molar-refractivity contribution in [2.24, 2.45) is 17.8 Å². The average molecular weight is 670 g/mol. The van der Waals surface area contributed by atoms with Crippen LogP contribution in [0.15, 0.2) is 103 Å². The predicted molar refractivity (Wildman–Crippen MR) is 174 cm³/mol. The molecule has 2 saturated heterocycles. The van der Waals surface area contributed by atoms with E-state index in [-0.39, 0.29) is 48.2 Å². The van der Waals surface area contributed by atoms with Crippen LogP contribution >= 0.6 is 23.2 Å². The molecule has 0 aromatic heterocycles. The van der Waals surface area contributed by atoms with Crippen LogP contribution in [0.2, 0.25) is 0 Å². The number of likely N-dealkylation sites (tertiary alicyclic amines) is 1. The summed E-state index contributed by atoms with van der Waals surface area (Å²) in [4.78, 5) is 54.8. The van der Waals surface area contributed by atoms with Crippen LogP contribution in [0.4, 0.5) is 10.1 Å². The number of halogens is 3. The maximum absolute atomic E-state index is 14.6. The van der Waals surface area contributed by atoms with Gasteiger partial charge in [0.15, 0.2) is 9.75 Å². The summed E-state index contributed by atoms with van der Waals surface area (Å²) in [5.41, 5.74) is 1.74. The minimum absolute atomic E-state index is 0.0910. The van der Waals surface area contributed by atoms with E-state index in [0.29, 0.717) is 11.0 Å². The number of fused-ring (bicyclic) bond motifs is 5. The zero-order valence-electron chi connectivity index (χ0n) is 24.8. The van der Waals surface area contributed by atoms with Crippen LogP contribution in [0.1, 0.15) is 29.9 Å². The molecule has 2 aliphatic carbocycles. The molecule has 0 bridgehead atoms. The van der Waals surface area contributed by atoms with Crippen molar-refractivity contribution in [3.8, 4) is 5.75 Å². The molecule has 6 unspecified atom stereocenters. The lowest BCUT2D eigenvalue weighted by Gasteiger charge is -2.50. The summed E-state index contributed by atoms with van der Waals surface area (Å²) in [6.07, 6.45) is 1.85. The molecule has 7 nitrogen and oxygen atoms in total. The Balaban J connectivity index is 1.30. The lowest BCUT2D eigenvalue weighted by atomic mass is 9.56. The molecule has 4 aliphatic rings. The first-order valence-electron chi connectivity index (χ1n) is 15.4. The number of alkyl halides is 2. The Morgan fingerprint density at radius 3 is 2.26 bits per heavy atom. The molecular formula is C37H27Cl2FN2O5. The van der Waals surface area contributed by atoms with Gasteiger partial charge in [-0.3, -0.25) is 24.1 Å². The number of hydrogen-bond acceptors (Lipinski definition) is 5. The number of allylic oxidation sites excluding steroid dienone is 2. The number of phenols is 1.